The molecule has 0 aromatic heterocycles. The van der Waals surface area contributed by atoms with Crippen LogP contribution in [0.25, 0.3) is 0 Å². The lowest BCUT2D eigenvalue weighted by Gasteiger charge is -2.18. The number of carbonyl (C=O) groups is 2. The van der Waals surface area contributed by atoms with Gasteiger partial charge in [-0.15, -0.1) is 11.8 Å². The first-order valence-electron chi connectivity index (χ1n) is 8.78. The Labute approximate surface area is 166 Å². The van der Waals surface area contributed by atoms with Gasteiger partial charge in [-0.1, -0.05) is 18.2 Å². The lowest BCUT2D eigenvalue weighted by Crippen LogP contribution is -2.26. The van der Waals surface area contributed by atoms with Gasteiger partial charge in [0.25, 0.3) is 5.69 Å². The number of carbonyl (C=O) groups excluding carboxylic acids is 2. The molecule has 2 aromatic carbocycles. The monoisotopic (exact) mass is 400 g/mol. The summed E-state index contributed by atoms with van der Waals surface area (Å²) >= 11 is 1.58. The number of thioether (sulfide) groups is 1. The molecule has 0 aliphatic carbocycles. The number of rotatable bonds is 6. The van der Waals surface area contributed by atoms with Crippen LogP contribution in [-0.4, -0.2) is 29.6 Å². The highest BCUT2D eigenvalue weighted by molar-refractivity contribution is 7.98. The predicted octanol–water partition coefficient (Wildman–Crippen LogP) is 3.97. The minimum absolute atomic E-state index is 0.0590. The smallest absolute Gasteiger partial charge is 0.311 e. The molecule has 28 heavy (non-hydrogen) atoms. The van der Waals surface area contributed by atoms with E-state index in [-0.39, 0.29) is 24.6 Å². The van der Waals surface area contributed by atoms with E-state index in [2.05, 4.69) is 0 Å². The molecule has 0 N–H and O–H groups in total. The van der Waals surface area contributed by atoms with Crippen molar-refractivity contribution in [3.8, 4) is 0 Å². The van der Waals surface area contributed by atoms with E-state index in [0.29, 0.717) is 5.56 Å². The fourth-order valence-electron chi connectivity index (χ4n) is 3.12. The van der Waals surface area contributed by atoms with E-state index in [1.807, 2.05) is 30.5 Å². The molecule has 1 saturated heterocycles. The van der Waals surface area contributed by atoms with Crippen molar-refractivity contribution < 1.29 is 19.2 Å². The van der Waals surface area contributed by atoms with Gasteiger partial charge in [0.1, 0.15) is 6.10 Å². The van der Waals surface area contributed by atoms with Gasteiger partial charge in [0, 0.05) is 35.7 Å². The van der Waals surface area contributed by atoms with Crippen LogP contribution in [0.3, 0.4) is 0 Å². The van der Waals surface area contributed by atoms with Crippen molar-refractivity contribution in [2.75, 3.05) is 17.7 Å². The van der Waals surface area contributed by atoms with Crippen molar-refractivity contribution in [3.63, 3.8) is 0 Å². The van der Waals surface area contributed by atoms with E-state index >= 15 is 0 Å². The number of amides is 1. The highest BCUT2D eigenvalue weighted by Crippen LogP contribution is 2.30. The molecule has 2 atom stereocenters. The standard InChI is InChI=1S/C20H20N2O5S/c1-13(14-5-3-7-17(9-14)22(25)26)27-20(24)15-10-19(23)21(12-15)16-6-4-8-18(11-16)28-2/h3-9,11,13,15H,10,12H2,1-2H3/t13-,15+/m0/s1. The summed E-state index contributed by atoms with van der Waals surface area (Å²) in [6, 6.07) is 13.6. The Morgan fingerprint density at radius 3 is 2.75 bits per heavy atom. The first-order valence-corrected chi connectivity index (χ1v) is 10.0. The normalized spacial score (nSPS) is 17.4. The second kappa shape index (κ2) is 8.43. The minimum atomic E-state index is -0.642. The zero-order valence-electron chi connectivity index (χ0n) is 15.5. The Morgan fingerprint density at radius 1 is 1.29 bits per heavy atom. The van der Waals surface area contributed by atoms with Crippen LogP contribution in [0.1, 0.15) is 25.0 Å². The minimum Gasteiger partial charge on any atom is -0.458 e. The van der Waals surface area contributed by atoms with Gasteiger partial charge in [0.05, 0.1) is 10.8 Å². The third kappa shape index (κ3) is 4.33. The van der Waals surface area contributed by atoms with Gasteiger partial charge in [0.2, 0.25) is 5.91 Å². The number of nitro groups is 1. The van der Waals surface area contributed by atoms with E-state index in [0.717, 1.165) is 10.6 Å². The molecule has 0 spiro atoms. The van der Waals surface area contributed by atoms with Gasteiger partial charge in [0.15, 0.2) is 0 Å². The molecule has 2 aromatic rings. The van der Waals surface area contributed by atoms with E-state index in [1.54, 1.807) is 35.7 Å². The van der Waals surface area contributed by atoms with Crippen molar-refractivity contribution in [2.24, 2.45) is 5.92 Å². The van der Waals surface area contributed by atoms with E-state index in [4.69, 9.17) is 4.74 Å². The van der Waals surface area contributed by atoms with Crippen LogP contribution in [0.2, 0.25) is 0 Å². The van der Waals surface area contributed by atoms with Crippen molar-refractivity contribution in [3.05, 3.63) is 64.2 Å². The Morgan fingerprint density at radius 2 is 2.04 bits per heavy atom. The number of non-ortho nitro benzene ring substituents is 1. The van der Waals surface area contributed by atoms with Gasteiger partial charge in [-0.3, -0.25) is 19.7 Å². The van der Waals surface area contributed by atoms with E-state index < -0.39 is 22.9 Å². The molecule has 146 valence electrons. The highest BCUT2D eigenvalue weighted by atomic mass is 32.2. The van der Waals surface area contributed by atoms with Crippen LogP contribution in [-0.2, 0) is 14.3 Å². The van der Waals surface area contributed by atoms with Crippen LogP contribution in [0.5, 0.6) is 0 Å². The molecule has 1 aliphatic rings. The van der Waals surface area contributed by atoms with Gasteiger partial charge >= 0.3 is 5.97 Å². The number of anilines is 1. The van der Waals surface area contributed by atoms with Crippen molar-refractivity contribution in [2.45, 2.75) is 24.3 Å². The van der Waals surface area contributed by atoms with Gasteiger partial charge in [-0.2, -0.15) is 0 Å². The number of esters is 1. The molecule has 3 rings (SSSR count). The van der Waals surface area contributed by atoms with Crippen LogP contribution >= 0.6 is 11.8 Å². The molecule has 8 heteroatoms. The molecule has 0 radical (unpaired) electrons. The Hall–Kier alpha value is -2.87. The molecule has 1 heterocycles. The van der Waals surface area contributed by atoms with Crippen LogP contribution in [0, 0.1) is 16.0 Å². The number of nitro benzene ring substituents is 1. The van der Waals surface area contributed by atoms with Crippen molar-refractivity contribution in [1.82, 2.24) is 0 Å². The summed E-state index contributed by atoms with van der Waals surface area (Å²) in [6.07, 6.45) is 1.40. The molecule has 0 unspecified atom stereocenters. The molecule has 1 amide bonds. The first kappa shape index (κ1) is 19.9. The van der Waals surface area contributed by atoms with Crippen LogP contribution in [0.4, 0.5) is 11.4 Å². The lowest BCUT2D eigenvalue weighted by molar-refractivity contribution is -0.385. The van der Waals surface area contributed by atoms with Crippen LogP contribution < -0.4 is 4.90 Å². The summed E-state index contributed by atoms with van der Waals surface area (Å²) in [5.74, 6) is -1.16. The average Bonchev–Trinajstić information content (AvgIpc) is 3.10. The first-order chi connectivity index (χ1) is 13.4. The Bertz CT molecular complexity index is 917. The van der Waals surface area contributed by atoms with E-state index in [9.17, 15) is 19.7 Å². The third-order valence-electron chi connectivity index (χ3n) is 4.67. The lowest BCUT2D eigenvalue weighted by atomic mass is 10.1. The molecular formula is C20H20N2O5S. The number of ether oxygens (including phenoxy) is 1. The Kier molecular flexibility index (Phi) is 5.99. The van der Waals surface area contributed by atoms with Gasteiger partial charge in [-0.05, 0) is 36.9 Å². The number of nitrogens with zero attached hydrogens (tertiary/aromatic N) is 2. The summed E-state index contributed by atoms with van der Waals surface area (Å²) in [6.45, 7) is 1.92. The van der Waals surface area contributed by atoms with Gasteiger partial charge < -0.3 is 9.64 Å². The average molecular weight is 400 g/mol. The van der Waals surface area contributed by atoms with Crippen molar-refractivity contribution >= 4 is 35.0 Å². The van der Waals surface area contributed by atoms with Crippen LogP contribution in [0.15, 0.2) is 53.4 Å². The topological polar surface area (TPSA) is 89.8 Å². The maximum atomic E-state index is 12.6. The quantitative estimate of drug-likeness (QED) is 0.315. The summed E-state index contributed by atoms with van der Waals surface area (Å²) in [5.41, 5.74) is 1.24. The maximum Gasteiger partial charge on any atom is 0.311 e. The summed E-state index contributed by atoms with van der Waals surface area (Å²) in [7, 11) is 0. The fourth-order valence-corrected chi connectivity index (χ4v) is 3.58. The second-order valence-electron chi connectivity index (χ2n) is 6.54. The number of hydrogen-bond acceptors (Lipinski definition) is 6. The molecule has 1 fully saturated rings. The zero-order valence-corrected chi connectivity index (χ0v) is 16.3. The zero-order chi connectivity index (χ0) is 20.3. The molecular weight excluding hydrogens is 380 g/mol. The van der Waals surface area contributed by atoms with Crippen molar-refractivity contribution in [1.29, 1.82) is 0 Å². The molecule has 0 bridgehead atoms. The summed E-state index contributed by atoms with van der Waals surface area (Å²) < 4.78 is 5.49. The maximum absolute atomic E-state index is 12.6. The molecule has 0 saturated carbocycles. The Balaban J connectivity index is 1.67. The SMILES string of the molecule is CSc1cccc(N2C[C@H](C(=O)O[C@@H](C)c3cccc([N+](=O)[O-])c3)CC2=O)c1. The van der Waals surface area contributed by atoms with Gasteiger partial charge in [-0.25, -0.2) is 0 Å². The largest absolute Gasteiger partial charge is 0.458 e. The highest BCUT2D eigenvalue weighted by Gasteiger charge is 2.37. The summed E-state index contributed by atoms with van der Waals surface area (Å²) in [4.78, 5) is 38.0. The second-order valence-corrected chi connectivity index (χ2v) is 7.42. The molecule has 7 nitrogen and oxygen atoms in total. The number of hydrogen-bond donors (Lipinski definition) is 0. The third-order valence-corrected chi connectivity index (χ3v) is 5.39. The molecule has 1 aliphatic heterocycles. The fraction of sp³-hybridized carbons (Fsp3) is 0.300. The number of benzene rings is 2. The summed E-state index contributed by atoms with van der Waals surface area (Å²) in [5, 5.41) is 10.9. The predicted molar refractivity (Wildman–Crippen MR) is 106 cm³/mol. The van der Waals surface area contributed by atoms with E-state index in [1.165, 1.54) is 12.1 Å².